The fourth-order valence-corrected chi connectivity index (χ4v) is 14.1. The fourth-order valence-electron chi connectivity index (χ4n) is 14.1. The molecule has 8 aliphatic rings. The highest BCUT2D eigenvalue weighted by molar-refractivity contribution is 6.06. The Balaban J connectivity index is 0.673. The molecule has 6 fully saturated rings. The van der Waals surface area contributed by atoms with E-state index in [4.69, 9.17) is 35.6 Å². The van der Waals surface area contributed by atoms with Gasteiger partial charge in [0, 0.05) is 61.8 Å². The van der Waals surface area contributed by atoms with Crippen LogP contribution in [0.5, 0.6) is 11.8 Å². The summed E-state index contributed by atoms with van der Waals surface area (Å²) in [5, 5.41) is 14.4. The van der Waals surface area contributed by atoms with E-state index in [-0.39, 0.29) is 100 Å². The minimum atomic E-state index is -0.757. The zero-order valence-electron chi connectivity index (χ0n) is 41.7. The average molecular weight is 1020 g/mol. The van der Waals surface area contributed by atoms with Gasteiger partial charge in [-0.3, -0.25) is 24.6 Å². The Morgan fingerprint density at radius 1 is 0.907 bits per heavy atom. The molecule has 16 nitrogen and oxygen atoms in total. The monoisotopic (exact) mass is 1020 g/mol. The minimum Gasteiger partial charge on any atom is -0.508 e. The molecule has 4 amide bonds. The maximum atomic E-state index is 17.5. The molecular formula is C57H58F2N8O8. The number of anilines is 1. The topological polar surface area (TPSA) is 180 Å². The van der Waals surface area contributed by atoms with Crippen molar-refractivity contribution in [2.75, 3.05) is 57.5 Å². The number of fused-ring (bicyclic) bond motifs is 5. The van der Waals surface area contributed by atoms with Gasteiger partial charge in [-0.05, 0) is 136 Å². The van der Waals surface area contributed by atoms with E-state index in [0.29, 0.717) is 92.4 Å². The van der Waals surface area contributed by atoms with E-state index in [1.54, 1.807) is 4.90 Å². The number of nitrogens with one attached hydrogen (secondary N) is 1. The maximum Gasteiger partial charge on any atom is 0.409 e. The van der Waals surface area contributed by atoms with Crippen molar-refractivity contribution < 1.29 is 47.3 Å². The third kappa shape index (κ3) is 8.10. The third-order valence-electron chi connectivity index (χ3n) is 18.1. The van der Waals surface area contributed by atoms with Gasteiger partial charge in [-0.2, -0.15) is 9.97 Å². The first-order chi connectivity index (χ1) is 36.4. The number of carbonyl (C=O) groups is 4. The standard InChI is InChI=1S/C57H58F2N8O8/c1-2-39-42(58)9-6-33-24-38(68)25-41(46(33)39)49-48(59)50-47-43(60-49)10-7-36-29-73-22-4-18-65(36)51(47)63-54(62-50)75-31-57-14-3-19-67(57)37(13-15-57)30-74-55(72)64-20-16-56(17-21-64)26-35(27-56)32-5-8-40-34(23-32)28-66(53(40)71)44-11-12-45(69)61-52(44)70/h1,5-6,8-9,23-25,35-37,44,68H,3-4,7,10-22,26-31H2,(H,61,69,70)/t36-,37-,44?,57-/m0/s1. The van der Waals surface area contributed by atoms with E-state index in [9.17, 15) is 24.3 Å². The number of pyridine rings is 1. The van der Waals surface area contributed by atoms with E-state index < -0.39 is 23.6 Å². The lowest BCUT2D eigenvalue weighted by Gasteiger charge is -2.52. The number of phenolic OH excluding ortho intramolecular Hbond substituents is 1. The van der Waals surface area contributed by atoms with Crippen molar-refractivity contribution in [2.45, 2.75) is 120 Å². The summed E-state index contributed by atoms with van der Waals surface area (Å²) >= 11 is 0. The second-order valence-corrected chi connectivity index (χ2v) is 22.2. The molecule has 2 N–H and O–H groups in total. The summed E-state index contributed by atoms with van der Waals surface area (Å²) in [7, 11) is 0. The zero-order chi connectivity index (χ0) is 51.3. The summed E-state index contributed by atoms with van der Waals surface area (Å²) in [6.45, 7) is 4.66. The van der Waals surface area contributed by atoms with Gasteiger partial charge in [0.1, 0.15) is 47.9 Å². The van der Waals surface area contributed by atoms with E-state index in [2.05, 4.69) is 27.1 Å². The van der Waals surface area contributed by atoms with Gasteiger partial charge in [-0.15, -0.1) is 6.42 Å². The number of imide groups is 1. The number of aryl methyl sites for hydroxylation is 1. The van der Waals surface area contributed by atoms with Crippen LogP contribution < -0.4 is 15.0 Å². The predicted molar refractivity (Wildman–Crippen MR) is 271 cm³/mol. The number of nitrogens with zero attached hydrogens (tertiary/aromatic N) is 7. The van der Waals surface area contributed by atoms with Crippen molar-refractivity contribution in [1.29, 1.82) is 0 Å². The van der Waals surface area contributed by atoms with Crippen molar-refractivity contribution in [2.24, 2.45) is 5.41 Å². The van der Waals surface area contributed by atoms with Gasteiger partial charge in [-0.1, -0.05) is 24.1 Å². The first-order valence-corrected chi connectivity index (χ1v) is 26.6. The molecule has 5 aromatic rings. The van der Waals surface area contributed by atoms with Gasteiger partial charge >= 0.3 is 12.1 Å². The molecule has 2 aromatic heterocycles. The molecule has 13 rings (SSSR count). The number of amides is 4. The van der Waals surface area contributed by atoms with E-state index in [0.717, 1.165) is 69.9 Å². The molecule has 3 aromatic carbocycles. The van der Waals surface area contributed by atoms with Crippen molar-refractivity contribution in [3.63, 3.8) is 0 Å². The molecule has 4 atom stereocenters. The zero-order valence-corrected chi connectivity index (χ0v) is 41.7. The van der Waals surface area contributed by atoms with Crippen LogP contribution in [0, 0.1) is 29.4 Å². The first kappa shape index (κ1) is 47.7. The van der Waals surface area contributed by atoms with Crippen LogP contribution in [0.2, 0.25) is 0 Å². The van der Waals surface area contributed by atoms with Gasteiger partial charge in [0.2, 0.25) is 11.8 Å². The molecule has 0 bridgehead atoms. The van der Waals surface area contributed by atoms with Gasteiger partial charge < -0.3 is 34.0 Å². The number of phenols is 1. The second kappa shape index (κ2) is 18.4. The maximum absolute atomic E-state index is 17.5. The molecule has 1 spiro atoms. The normalized spacial score (nSPS) is 25.4. The molecule has 18 heteroatoms. The lowest BCUT2D eigenvalue weighted by atomic mass is 9.56. The summed E-state index contributed by atoms with van der Waals surface area (Å²) in [5.74, 6) is 0.897. The quantitative estimate of drug-likeness (QED) is 0.117. The average Bonchev–Trinajstić information content (AvgIpc) is 3.97. The molecule has 0 radical (unpaired) electrons. The third-order valence-corrected chi connectivity index (χ3v) is 18.1. The molecule has 9 heterocycles. The Kier molecular flexibility index (Phi) is 11.7. The van der Waals surface area contributed by atoms with Crippen molar-refractivity contribution in [1.82, 2.24) is 35.0 Å². The van der Waals surface area contributed by atoms with Crippen molar-refractivity contribution in [3.8, 4) is 35.4 Å². The number of ether oxygens (including phenoxy) is 3. The van der Waals surface area contributed by atoms with Crippen LogP contribution in [0.1, 0.15) is 116 Å². The van der Waals surface area contributed by atoms with Crippen LogP contribution in [0.25, 0.3) is 32.9 Å². The van der Waals surface area contributed by atoms with Crippen LogP contribution in [-0.2, 0) is 32.0 Å². The highest BCUT2D eigenvalue weighted by Crippen LogP contribution is 2.57. The molecule has 1 aliphatic carbocycles. The Bertz CT molecular complexity index is 3280. The van der Waals surface area contributed by atoms with E-state index in [1.807, 2.05) is 17.0 Å². The smallest absolute Gasteiger partial charge is 0.409 e. The number of aromatic hydroxyl groups is 1. The highest BCUT2D eigenvalue weighted by atomic mass is 19.1. The van der Waals surface area contributed by atoms with Crippen LogP contribution in [-0.4, -0.2) is 135 Å². The number of terminal acetylenes is 1. The molecule has 75 heavy (non-hydrogen) atoms. The largest absolute Gasteiger partial charge is 0.508 e. The number of likely N-dealkylation sites (tertiary alicyclic amines) is 1. The van der Waals surface area contributed by atoms with Crippen molar-refractivity contribution in [3.05, 3.63) is 82.0 Å². The second-order valence-electron chi connectivity index (χ2n) is 22.2. The Hall–Kier alpha value is -6.97. The van der Waals surface area contributed by atoms with Gasteiger partial charge in [0.15, 0.2) is 5.82 Å². The molecular weight excluding hydrogens is 963 g/mol. The number of piperidine rings is 2. The van der Waals surface area contributed by atoms with E-state index in [1.165, 1.54) is 29.8 Å². The molecule has 1 saturated carbocycles. The summed E-state index contributed by atoms with van der Waals surface area (Å²) in [6, 6.07) is 11.0. The molecule has 5 saturated heterocycles. The fraction of sp³-hybridized carbons (Fsp3) is 0.491. The van der Waals surface area contributed by atoms with E-state index >= 15 is 8.78 Å². The van der Waals surface area contributed by atoms with Crippen molar-refractivity contribution >= 4 is 51.3 Å². The molecule has 1 unspecified atom stereocenters. The van der Waals surface area contributed by atoms with Crippen LogP contribution in [0.15, 0.2) is 42.5 Å². The van der Waals surface area contributed by atoms with Crippen LogP contribution in [0.3, 0.4) is 0 Å². The highest BCUT2D eigenvalue weighted by Gasteiger charge is 2.51. The number of halogens is 2. The number of carbonyl (C=O) groups excluding carboxylic acids is 4. The van der Waals surface area contributed by atoms with Crippen LogP contribution in [0.4, 0.5) is 19.4 Å². The van der Waals surface area contributed by atoms with Crippen LogP contribution >= 0.6 is 0 Å². The predicted octanol–water partition coefficient (Wildman–Crippen LogP) is 7.28. The lowest BCUT2D eigenvalue weighted by Crippen LogP contribution is -2.52. The minimum absolute atomic E-state index is 0.00539. The Morgan fingerprint density at radius 2 is 1.76 bits per heavy atom. The number of aromatic nitrogens is 3. The summed E-state index contributed by atoms with van der Waals surface area (Å²) in [4.78, 5) is 73.9. The number of hydrogen-bond donors (Lipinski definition) is 2. The van der Waals surface area contributed by atoms with Gasteiger partial charge in [-0.25, -0.2) is 18.6 Å². The number of benzene rings is 3. The summed E-state index contributed by atoms with van der Waals surface area (Å²) < 4.78 is 51.4. The van der Waals surface area contributed by atoms with Gasteiger partial charge in [0.25, 0.3) is 5.91 Å². The summed E-state index contributed by atoms with van der Waals surface area (Å²) in [6.07, 6.45) is 15.2. The Labute approximate surface area is 432 Å². The lowest BCUT2D eigenvalue weighted by molar-refractivity contribution is -0.136. The summed E-state index contributed by atoms with van der Waals surface area (Å²) in [5.41, 5.74) is 3.15. The Morgan fingerprint density at radius 3 is 2.59 bits per heavy atom. The van der Waals surface area contributed by atoms with Gasteiger partial charge in [0.05, 0.1) is 34.8 Å². The molecule has 7 aliphatic heterocycles. The first-order valence-electron chi connectivity index (χ1n) is 26.6. The SMILES string of the molecule is C#Cc1c(F)ccc2cc(O)cc(-c3nc4c5c(nc(OC[C@@]67CCCN6[C@H](COC(=O)N6CCC8(CC6)CC(c6ccc9c(c6)CN(C6CCC(=O)NC6=O)C9=O)C8)CC7)nc5c3F)N3CCCOC[C@@H]3CC4)c12. The molecule has 388 valence electrons. The number of rotatable bonds is 8. The number of hydrogen-bond acceptors (Lipinski definition) is 13.